The van der Waals surface area contributed by atoms with Gasteiger partial charge in [0.2, 0.25) is 5.91 Å². The number of aliphatic hydroxyl groups is 1. The quantitative estimate of drug-likeness (QED) is 0.218. The molecule has 9 heteroatoms. The Labute approximate surface area is 222 Å². The highest BCUT2D eigenvalue weighted by molar-refractivity contribution is 6.25. The molecule has 1 saturated carbocycles. The van der Waals surface area contributed by atoms with Crippen LogP contribution in [0.1, 0.15) is 30.4 Å². The molecule has 2 aromatic rings. The smallest absolute Gasteiger partial charge is 0.329 e. The Morgan fingerprint density at radius 2 is 1.67 bits per heavy atom. The Balaban J connectivity index is 1.65. The topological polar surface area (TPSA) is 111 Å². The third-order valence-electron chi connectivity index (χ3n) is 6.24. The predicted octanol–water partition coefficient (Wildman–Crippen LogP) is 3.18. The molecular weight excluding hydrogens is 503 g/mol. The number of halogens is 2. The minimum Gasteiger partial charge on any atom is -0.459 e. The molecule has 0 aromatic heterocycles. The van der Waals surface area contributed by atoms with E-state index in [9.17, 15) is 14.7 Å². The first-order valence-electron chi connectivity index (χ1n) is 12.2. The summed E-state index contributed by atoms with van der Waals surface area (Å²) in [5.41, 5.74) is 7.21. The van der Waals surface area contributed by atoms with Crippen LogP contribution in [0.2, 0.25) is 0 Å². The standard InChI is InChI=1S/C27H34Cl2N2O5/c28-21-16-20(24(32)23(29)25(21)35-14-8-7-13-30)26(33)31-22(15-18-9-3-1-4-10-18)27(34)36-17-19-11-5-2-6-12-19/h1-6,9-12,20-25,32H,7-8,13-17,30H2,(H,31,33)/t20?,21?,22-,23?,24?,25?/m0/s1. The number of amides is 1. The van der Waals surface area contributed by atoms with Crippen molar-refractivity contribution in [2.45, 2.75) is 61.3 Å². The normalized spacial score (nSPS) is 24.6. The molecule has 0 heterocycles. The van der Waals surface area contributed by atoms with Crippen LogP contribution >= 0.6 is 23.2 Å². The second kappa shape index (κ2) is 14.5. The van der Waals surface area contributed by atoms with Crippen LogP contribution in [-0.4, -0.2) is 59.1 Å². The van der Waals surface area contributed by atoms with E-state index in [2.05, 4.69) is 5.32 Å². The van der Waals surface area contributed by atoms with Gasteiger partial charge < -0.3 is 25.6 Å². The third kappa shape index (κ3) is 8.18. The van der Waals surface area contributed by atoms with Gasteiger partial charge in [0.15, 0.2) is 0 Å². The van der Waals surface area contributed by atoms with Crippen LogP contribution in [0.25, 0.3) is 0 Å². The Bertz CT molecular complexity index is 950. The zero-order valence-corrected chi connectivity index (χ0v) is 21.6. The fourth-order valence-electron chi connectivity index (χ4n) is 4.21. The second-order valence-electron chi connectivity index (χ2n) is 8.97. The number of alkyl halides is 2. The van der Waals surface area contributed by atoms with Gasteiger partial charge in [-0.25, -0.2) is 4.79 Å². The molecule has 2 aromatic carbocycles. The van der Waals surface area contributed by atoms with E-state index in [4.69, 9.17) is 38.4 Å². The van der Waals surface area contributed by atoms with Crippen LogP contribution in [0.5, 0.6) is 0 Å². The van der Waals surface area contributed by atoms with E-state index in [1.165, 1.54) is 0 Å². The predicted molar refractivity (Wildman–Crippen MR) is 140 cm³/mol. The molecule has 0 radical (unpaired) electrons. The highest BCUT2D eigenvalue weighted by Gasteiger charge is 2.46. The first-order chi connectivity index (χ1) is 17.4. The van der Waals surface area contributed by atoms with E-state index in [-0.39, 0.29) is 19.4 Å². The second-order valence-corrected chi connectivity index (χ2v) is 10.0. The van der Waals surface area contributed by atoms with E-state index in [1.807, 2.05) is 60.7 Å². The van der Waals surface area contributed by atoms with Crippen molar-refractivity contribution in [2.24, 2.45) is 11.7 Å². The third-order valence-corrected chi connectivity index (χ3v) is 7.17. The van der Waals surface area contributed by atoms with Crippen molar-refractivity contribution in [3.63, 3.8) is 0 Å². The van der Waals surface area contributed by atoms with E-state index in [1.54, 1.807) is 0 Å². The van der Waals surface area contributed by atoms with E-state index < -0.39 is 46.8 Å². The van der Waals surface area contributed by atoms with Gasteiger partial charge in [0, 0.05) is 13.0 Å². The van der Waals surface area contributed by atoms with Crippen molar-refractivity contribution >= 4 is 35.1 Å². The van der Waals surface area contributed by atoms with Crippen molar-refractivity contribution in [3.05, 3.63) is 71.8 Å². The molecule has 0 spiro atoms. The molecule has 4 N–H and O–H groups in total. The molecule has 6 atom stereocenters. The summed E-state index contributed by atoms with van der Waals surface area (Å²) >= 11 is 13.0. The lowest BCUT2D eigenvalue weighted by Crippen LogP contribution is -2.56. The monoisotopic (exact) mass is 536 g/mol. The highest BCUT2D eigenvalue weighted by atomic mass is 35.5. The number of carbonyl (C=O) groups excluding carboxylic acids is 2. The van der Waals surface area contributed by atoms with Crippen molar-refractivity contribution in [1.29, 1.82) is 0 Å². The van der Waals surface area contributed by atoms with Crippen LogP contribution in [0.4, 0.5) is 0 Å². The van der Waals surface area contributed by atoms with Gasteiger partial charge in [-0.3, -0.25) is 4.79 Å². The summed E-state index contributed by atoms with van der Waals surface area (Å²) in [6, 6.07) is 17.7. The summed E-state index contributed by atoms with van der Waals surface area (Å²) in [5, 5.41) is 12.2. The van der Waals surface area contributed by atoms with Gasteiger partial charge in [0.1, 0.15) is 12.6 Å². The summed E-state index contributed by atoms with van der Waals surface area (Å²) in [5.74, 6) is -1.95. The first-order valence-corrected chi connectivity index (χ1v) is 13.1. The lowest BCUT2D eigenvalue weighted by molar-refractivity contribution is -0.150. The molecule has 3 rings (SSSR count). The SMILES string of the molecule is NCCCCOC1C(Cl)CC(C(=O)N[C@@H](Cc2ccccc2)C(=O)OCc2ccccc2)C(O)C1Cl. The summed E-state index contributed by atoms with van der Waals surface area (Å²) in [6.07, 6.45) is 0.191. The lowest BCUT2D eigenvalue weighted by atomic mass is 9.83. The van der Waals surface area contributed by atoms with E-state index in [0.29, 0.717) is 13.2 Å². The Morgan fingerprint density at radius 3 is 2.31 bits per heavy atom. The maximum absolute atomic E-state index is 13.2. The Morgan fingerprint density at radius 1 is 1.03 bits per heavy atom. The van der Waals surface area contributed by atoms with Crippen molar-refractivity contribution in [1.82, 2.24) is 5.32 Å². The van der Waals surface area contributed by atoms with Crippen LogP contribution < -0.4 is 11.1 Å². The zero-order chi connectivity index (χ0) is 25.9. The molecule has 0 saturated heterocycles. The number of aliphatic hydroxyl groups excluding tert-OH is 1. The number of hydrogen-bond acceptors (Lipinski definition) is 6. The molecule has 0 bridgehead atoms. The number of nitrogens with two attached hydrogens (primary N) is 1. The van der Waals surface area contributed by atoms with Crippen LogP contribution in [0.3, 0.4) is 0 Å². The number of carbonyl (C=O) groups is 2. The number of nitrogens with one attached hydrogen (secondary N) is 1. The fourth-order valence-corrected chi connectivity index (χ4v) is 5.13. The average molecular weight is 537 g/mol. The molecule has 1 aliphatic rings. The molecule has 1 aliphatic carbocycles. The van der Waals surface area contributed by atoms with Gasteiger partial charge in [-0.1, -0.05) is 60.7 Å². The van der Waals surface area contributed by atoms with Gasteiger partial charge in [-0.05, 0) is 36.9 Å². The molecule has 1 fully saturated rings. The summed E-state index contributed by atoms with van der Waals surface area (Å²) in [6.45, 7) is 1.07. The van der Waals surface area contributed by atoms with Crippen LogP contribution in [0, 0.1) is 5.92 Å². The minimum atomic E-state index is -1.18. The highest BCUT2D eigenvalue weighted by Crippen LogP contribution is 2.34. The van der Waals surface area contributed by atoms with Gasteiger partial charge >= 0.3 is 5.97 Å². The largest absolute Gasteiger partial charge is 0.459 e. The minimum absolute atomic E-state index is 0.0869. The molecule has 5 unspecified atom stereocenters. The number of unbranched alkanes of at least 4 members (excludes halogenated alkanes) is 1. The molecule has 196 valence electrons. The van der Waals surface area contributed by atoms with Crippen LogP contribution in [-0.2, 0) is 32.1 Å². The average Bonchev–Trinajstić information content (AvgIpc) is 2.89. The van der Waals surface area contributed by atoms with Gasteiger partial charge in [-0.15, -0.1) is 23.2 Å². The summed E-state index contributed by atoms with van der Waals surface area (Å²) in [4.78, 5) is 26.2. The van der Waals surface area contributed by atoms with Crippen molar-refractivity contribution < 1.29 is 24.2 Å². The zero-order valence-electron chi connectivity index (χ0n) is 20.1. The van der Waals surface area contributed by atoms with Gasteiger partial charge in [0.25, 0.3) is 0 Å². The maximum Gasteiger partial charge on any atom is 0.329 e. The molecule has 1 amide bonds. The number of benzene rings is 2. The van der Waals surface area contributed by atoms with Crippen molar-refractivity contribution in [3.8, 4) is 0 Å². The van der Waals surface area contributed by atoms with Gasteiger partial charge in [-0.2, -0.15) is 0 Å². The molecular formula is C27H34Cl2N2O5. The Hall–Kier alpha value is -2.16. The number of hydrogen-bond donors (Lipinski definition) is 3. The molecule has 7 nitrogen and oxygen atoms in total. The maximum atomic E-state index is 13.2. The molecule has 0 aliphatic heterocycles. The number of rotatable bonds is 12. The summed E-state index contributed by atoms with van der Waals surface area (Å²) < 4.78 is 11.3. The van der Waals surface area contributed by atoms with Gasteiger partial charge in [0.05, 0.1) is 28.9 Å². The Kier molecular flexibility index (Phi) is 11.5. The van der Waals surface area contributed by atoms with Crippen LogP contribution in [0.15, 0.2) is 60.7 Å². The lowest BCUT2D eigenvalue weighted by Gasteiger charge is -2.39. The molecule has 36 heavy (non-hydrogen) atoms. The summed E-state index contributed by atoms with van der Waals surface area (Å²) in [7, 11) is 0. The van der Waals surface area contributed by atoms with E-state index >= 15 is 0 Å². The number of esters is 1. The number of ether oxygens (including phenoxy) is 2. The fraction of sp³-hybridized carbons (Fsp3) is 0.481. The van der Waals surface area contributed by atoms with Crippen molar-refractivity contribution in [2.75, 3.05) is 13.2 Å². The first kappa shape index (κ1) is 28.4. The van der Waals surface area contributed by atoms with E-state index in [0.717, 1.165) is 24.0 Å².